The van der Waals surface area contributed by atoms with Crippen molar-refractivity contribution in [1.29, 1.82) is 0 Å². The summed E-state index contributed by atoms with van der Waals surface area (Å²) in [6.45, 7) is 1.81. The van der Waals surface area contributed by atoms with Crippen LogP contribution in [-0.2, 0) is 19.9 Å². The van der Waals surface area contributed by atoms with E-state index in [0.29, 0.717) is 28.5 Å². The standard InChI is InChI=1S/C14H15Cl2FN2O/c1-8-14(16)13(19(2)18-8)7-11(20)5-9-3-4-10(17)6-12(9)15/h3-4,6,11,20H,5,7H2,1-2H3. The number of nitrogens with zero attached hydrogens (tertiary/aromatic N) is 2. The van der Waals surface area contributed by atoms with Gasteiger partial charge in [-0.25, -0.2) is 4.39 Å². The Morgan fingerprint density at radius 1 is 1.35 bits per heavy atom. The Labute approximate surface area is 126 Å². The summed E-state index contributed by atoms with van der Waals surface area (Å²) in [6, 6.07) is 4.15. The Morgan fingerprint density at radius 2 is 2.05 bits per heavy atom. The molecule has 108 valence electrons. The maximum absolute atomic E-state index is 13.0. The number of benzene rings is 1. The average Bonchev–Trinajstić information content (AvgIpc) is 2.60. The van der Waals surface area contributed by atoms with Gasteiger partial charge in [0.1, 0.15) is 5.82 Å². The Hall–Kier alpha value is -1.10. The minimum Gasteiger partial charge on any atom is -0.392 e. The topological polar surface area (TPSA) is 38.0 Å². The molecular formula is C14H15Cl2FN2O. The second kappa shape index (κ2) is 6.12. The summed E-state index contributed by atoms with van der Waals surface area (Å²) in [5, 5.41) is 15.2. The van der Waals surface area contributed by atoms with E-state index in [0.717, 1.165) is 11.4 Å². The van der Waals surface area contributed by atoms with Crippen LogP contribution in [0.1, 0.15) is 17.0 Å². The van der Waals surface area contributed by atoms with Gasteiger partial charge >= 0.3 is 0 Å². The largest absolute Gasteiger partial charge is 0.392 e. The van der Waals surface area contributed by atoms with Crippen molar-refractivity contribution in [2.75, 3.05) is 0 Å². The fourth-order valence-electron chi connectivity index (χ4n) is 2.14. The third kappa shape index (κ3) is 3.32. The summed E-state index contributed by atoms with van der Waals surface area (Å²) >= 11 is 12.1. The summed E-state index contributed by atoms with van der Waals surface area (Å²) < 4.78 is 14.6. The number of hydrogen-bond donors (Lipinski definition) is 1. The number of aliphatic hydroxyl groups excluding tert-OH is 1. The molecule has 2 aromatic rings. The highest BCUT2D eigenvalue weighted by molar-refractivity contribution is 6.32. The third-order valence-corrected chi connectivity index (χ3v) is 4.00. The maximum atomic E-state index is 13.0. The molecule has 0 spiro atoms. The van der Waals surface area contributed by atoms with Crippen LogP contribution in [0.25, 0.3) is 0 Å². The van der Waals surface area contributed by atoms with E-state index in [-0.39, 0.29) is 0 Å². The molecule has 0 radical (unpaired) electrons. The number of rotatable bonds is 4. The number of aromatic nitrogens is 2. The zero-order valence-electron chi connectivity index (χ0n) is 11.2. The van der Waals surface area contributed by atoms with Crippen LogP contribution in [0, 0.1) is 12.7 Å². The molecule has 0 saturated heterocycles. The zero-order chi connectivity index (χ0) is 14.9. The van der Waals surface area contributed by atoms with Gasteiger partial charge in [-0.1, -0.05) is 29.3 Å². The van der Waals surface area contributed by atoms with Crippen molar-refractivity contribution in [1.82, 2.24) is 9.78 Å². The molecule has 1 N–H and O–H groups in total. The summed E-state index contributed by atoms with van der Waals surface area (Å²) in [7, 11) is 1.78. The lowest BCUT2D eigenvalue weighted by Gasteiger charge is -2.12. The average molecular weight is 317 g/mol. The molecule has 1 heterocycles. The molecule has 0 aliphatic rings. The molecule has 0 fully saturated rings. The normalized spacial score (nSPS) is 12.7. The number of hydrogen-bond acceptors (Lipinski definition) is 2. The molecule has 3 nitrogen and oxygen atoms in total. The molecule has 0 bridgehead atoms. The fraction of sp³-hybridized carbons (Fsp3) is 0.357. The monoisotopic (exact) mass is 316 g/mol. The molecule has 0 amide bonds. The van der Waals surface area contributed by atoms with Crippen LogP contribution >= 0.6 is 23.2 Å². The predicted molar refractivity (Wildman–Crippen MR) is 77.8 cm³/mol. The molecule has 1 unspecified atom stereocenters. The summed E-state index contributed by atoms with van der Waals surface area (Å²) in [5.41, 5.74) is 2.21. The van der Waals surface area contributed by atoms with E-state index in [2.05, 4.69) is 5.10 Å². The first kappa shape index (κ1) is 15.3. The molecule has 6 heteroatoms. The zero-order valence-corrected chi connectivity index (χ0v) is 12.7. The lowest BCUT2D eigenvalue weighted by Crippen LogP contribution is -2.16. The molecule has 20 heavy (non-hydrogen) atoms. The first-order chi connectivity index (χ1) is 9.38. The molecular weight excluding hydrogens is 302 g/mol. The fourth-order valence-corrected chi connectivity index (χ4v) is 2.62. The van der Waals surface area contributed by atoms with E-state index in [9.17, 15) is 9.50 Å². The van der Waals surface area contributed by atoms with Gasteiger partial charge in [0.2, 0.25) is 0 Å². The Morgan fingerprint density at radius 3 is 2.60 bits per heavy atom. The van der Waals surface area contributed by atoms with E-state index in [4.69, 9.17) is 23.2 Å². The van der Waals surface area contributed by atoms with Crippen molar-refractivity contribution in [3.05, 3.63) is 51.0 Å². The molecule has 1 aromatic carbocycles. The van der Waals surface area contributed by atoms with Gasteiger partial charge in [0.25, 0.3) is 0 Å². The van der Waals surface area contributed by atoms with Crippen molar-refractivity contribution in [3.63, 3.8) is 0 Å². The van der Waals surface area contributed by atoms with E-state index >= 15 is 0 Å². The summed E-state index contributed by atoms with van der Waals surface area (Å²) in [6.07, 6.45) is 0.0362. The highest BCUT2D eigenvalue weighted by atomic mass is 35.5. The van der Waals surface area contributed by atoms with E-state index in [1.807, 2.05) is 6.92 Å². The number of halogens is 3. The van der Waals surface area contributed by atoms with Gasteiger partial charge in [0.05, 0.1) is 22.5 Å². The minimum absolute atomic E-state index is 0.316. The van der Waals surface area contributed by atoms with Gasteiger partial charge in [-0.15, -0.1) is 0 Å². The van der Waals surface area contributed by atoms with Crippen molar-refractivity contribution >= 4 is 23.2 Å². The van der Waals surface area contributed by atoms with Gasteiger partial charge < -0.3 is 5.11 Å². The molecule has 2 rings (SSSR count). The summed E-state index contributed by atoms with van der Waals surface area (Å²) in [5.74, 6) is -0.390. The minimum atomic E-state index is -0.662. The number of aliphatic hydroxyl groups is 1. The van der Waals surface area contributed by atoms with Gasteiger partial charge in [-0.05, 0) is 24.6 Å². The highest BCUT2D eigenvalue weighted by Gasteiger charge is 2.16. The highest BCUT2D eigenvalue weighted by Crippen LogP contribution is 2.23. The maximum Gasteiger partial charge on any atom is 0.124 e. The van der Waals surface area contributed by atoms with Gasteiger partial charge in [0, 0.05) is 24.9 Å². The Bertz CT molecular complexity index is 628. The van der Waals surface area contributed by atoms with Crippen molar-refractivity contribution in [2.24, 2.45) is 7.05 Å². The van der Waals surface area contributed by atoms with Crippen molar-refractivity contribution in [2.45, 2.75) is 25.9 Å². The van der Waals surface area contributed by atoms with Crippen LogP contribution in [0.2, 0.25) is 10.0 Å². The molecule has 1 atom stereocenters. The smallest absolute Gasteiger partial charge is 0.124 e. The third-order valence-electron chi connectivity index (χ3n) is 3.16. The van der Waals surface area contributed by atoms with Crippen LogP contribution in [0.4, 0.5) is 4.39 Å². The van der Waals surface area contributed by atoms with Crippen LogP contribution in [-0.4, -0.2) is 21.0 Å². The Kier molecular flexibility index (Phi) is 4.68. The van der Waals surface area contributed by atoms with E-state index < -0.39 is 11.9 Å². The molecule has 1 aromatic heterocycles. The molecule has 0 aliphatic heterocycles. The van der Waals surface area contributed by atoms with Crippen LogP contribution in [0.3, 0.4) is 0 Å². The van der Waals surface area contributed by atoms with Crippen LogP contribution < -0.4 is 0 Å². The quantitative estimate of drug-likeness (QED) is 0.939. The Balaban J connectivity index is 2.11. The van der Waals surface area contributed by atoms with E-state index in [1.165, 1.54) is 12.1 Å². The van der Waals surface area contributed by atoms with Gasteiger partial charge in [0.15, 0.2) is 0 Å². The number of aryl methyl sites for hydroxylation is 2. The first-order valence-corrected chi connectivity index (χ1v) is 6.94. The lowest BCUT2D eigenvalue weighted by molar-refractivity contribution is 0.173. The summed E-state index contributed by atoms with van der Waals surface area (Å²) in [4.78, 5) is 0. The van der Waals surface area contributed by atoms with Gasteiger partial charge in [-0.3, -0.25) is 4.68 Å². The predicted octanol–water partition coefficient (Wildman–Crippen LogP) is 3.32. The second-order valence-electron chi connectivity index (χ2n) is 4.77. The van der Waals surface area contributed by atoms with Crippen LogP contribution in [0.15, 0.2) is 18.2 Å². The van der Waals surface area contributed by atoms with Crippen LogP contribution in [0.5, 0.6) is 0 Å². The van der Waals surface area contributed by atoms with E-state index in [1.54, 1.807) is 17.8 Å². The van der Waals surface area contributed by atoms with Gasteiger partial charge in [-0.2, -0.15) is 5.10 Å². The molecule has 0 saturated carbocycles. The van der Waals surface area contributed by atoms with Crippen molar-refractivity contribution < 1.29 is 9.50 Å². The second-order valence-corrected chi connectivity index (χ2v) is 5.55. The van der Waals surface area contributed by atoms with Crippen molar-refractivity contribution in [3.8, 4) is 0 Å². The molecule has 0 aliphatic carbocycles. The first-order valence-electron chi connectivity index (χ1n) is 6.18. The lowest BCUT2D eigenvalue weighted by atomic mass is 10.0. The SMILES string of the molecule is Cc1nn(C)c(CC(O)Cc2ccc(F)cc2Cl)c1Cl.